The Kier molecular flexibility index (Phi) is 6.32. The second-order valence-corrected chi connectivity index (χ2v) is 5.33. The minimum Gasteiger partial charge on any atom is -0.480 e. The van der Waals surface area contributed by atoms with Gasteiger partial charge in [0, 0.05) is 0 Å². The SMILES string of the molecule is CC(C)OC(=O)c1cc(NC(=O)N[C@H](C)C(=O)O)c(F)cc1Cl. The van der Waals surface area contributed by atoms with Gasteiger partial charge in [0.2, 0.25) is 0 Å². The number of rotatable bonds is 5. The monoisotopic (exact) mass is 346 g/mol. The molecule has 1 aromatic carbocycles. The Labute approximate surface area is 136 Å². The van der Waals surface area contributed by atoms with Gasteiger partial charge in [-0.1, -0.05) is 11.6 Å². The highest BCUT2D eigenvalue weighted by atomic mass is 35.5. The van der Waals surface area contributed by atoms with E-state index in [0.29, 0.717) is 0 Å². The zero-order chi connectivity index (χ0) is 17.7. The van der Waals surface area contributed by atoms with Gasteiger partial charge in [0.05, 0.1) is 22.4 Å². The van der Waals surface area contributed by atoms with E-state index < -0.39 is 35.9 Å². The maximum Gasteiger partial charge on any atom is 0.339 e. The van der Waals surface area contributed by atoms with Crippen molar-refractivity contribution in [1.29, 1.82) is 0 Å². The van der Waals surface area contributed by atoms with Crippen molar-refractivity contribution in [3.05, 3.63) is 28.5 Å². The molecule has 1 aromatic rings. The molecule has 0 radical (unpaired) electrons. The van der Waals surface area contributed by atoms with Crippen molar-refractivity contribution in [2.75, 3.05) is 5.32 Å². The molecule has 0 aromatic heterocycles. The molecule has 0 aliphatic rings. The number of amides is 2. The molecule has 23 heavy (non-hydrogen) atoms. The molecule has 0 heterocycles. The molecule has 1 atom stereocenters. The average molecular weight is 347 g/mol. The van der Waals surface area contributed by atoms with Gasteiger partial charge in [0.1, 0.15) is 11.9 Å². The quantitative estimate of drug-likeness (QED) is 0.711. The van der Waals surface area contributed by atoms with Crippen molar-refractivity contribution in [3.8, 4) is 0 Å². The topological polar surface area (TPSA) is 105 Å². The van der Waals surface area contributed by atoms with Crippen molar-refractivity contribution in [1.82, 2.24) is 5.32 Å². The van der Waals surface area contributed by atoms with E-state index in [1.165, 1.54) is 6.92 Å². The van der Waals surface area contributed by atoms with Crippen molar-refractivity contribution >= 4 is 35.3 Å². The fraction of sp³-hybridized carbons (Fsp3) is 0.357. The number of benzene rings is 1. The second-order valence-electron chi connectivity index (χ2n) is 4.92. The predicted octanol–water partition coefficient (Wildman–Crippen LogP) is 2.64. The fourth-order valence-electron chi connectivity index (χ4n) is 1.50. The third kappa shape index (κ3) is 5.41. The summed E-state index contributed by atoms with van der Waals surface area (Å²) < 4.78 is 18.8. The molecule has 7 nitrogen and oxygen atoms in total. The van der Waals surface area contributed by atoms with E-state index in [1.807, 2.05) is 0 Å². The molecule has 9 heteroatoms. The van der Waals surface area contributed by atoms with Crippen LogP contribution in [0.15, 0.2) is 12.1 Å². The summed E-state index contributed by atoms with van der Waals surface area (Å²) in [5, 5.41) is 12.7. The number of carbonyl (C=O) groups excluding carboxylic acids is 2. The summed E-state index contributed by atoms with van der Waals surface area (Å²) in [4.78, 5) is 34.1. The second kappa shape index (κ2) is 7.77. The molecule has 0 aliphatic heterocycles. The van der Waals surface area contributed by atoms with Crippen molar-refractivity contribution < 1.29 is 28.6 Å². The van der Waals surface area contributed by atoms with Crippen molar-refractivity contribution in [3.63, 3.8) is 0 Å². The first-order valence-corrected chi connectivity index (χ1v) is 7.00. The van der Waals surface area contributed by atoms with Gasteiger partial charge in [-0.15, -0.1) is 0 Å². The van der Waals surface area contributed by atoms with Crippen LogP contribution >= 0.6 is 11.6 Å². The van der Waals surface area contributed by atoms with E-state index in [9.17, 15) is 18.8 Å². The van der Waals surface area contributed by atoms with Crippen molar-refractivity contribution in [2.24, 2.45) is 0 Å². The number of aliphatic carboxylic acids is 1. The van der Waals surface area contributed by atoms with E-state index in [1.54, 1.807) is 13.8 Å². The summed E-state index contributed by atoms with van der Waals surface area (Å²) in [6.45, 7) is 4.51. The largest absolute Gasteiger partial charge is 0.480 e. The molecule has 0 aliphatic carbocycles. The van der Waals surface area contributed by atoms with Crippen LogP contribution in [0.4, 0.5) is 14.9 Å². The van der Waals surface area contributed by atoms with Crippen LogP contribution in [-0.4, -0.2) is 35.2 Å². The number of carboxylic acids is 1. The lowest BCUT2D eigenvalue weighted by Gasteiger charge is -2.13. The van der Waals surface area contributed by atoms with Crippen LogP contribution < -0.4 is 10.6 Å². The highest BCUT2D eigenvalue weighted by Crippen LogP contribution is 2.25. The Morgan fingerprint density at radius 2 is 1.87 bits per heavy atom. The van der Waals surface area contributed by atoms with Crippen LogP contribution in [0.25, 0.3) is 0 Å². The molecule has 1 rings (SSSR count). The third-order valence-electron chi connectivity index (χ3n) is 2.59. The Bertz CT molecular complexity index is 636. The standard InChI is InChI=1S/C14H16ClFN2O5/c1-6(2)23-13(21)8-4-11(10(16)5-9(8)15)18-14(22)17-7(3)12(19)20/h4-7H,1-3H3,(H,19,20)(H2,17,18,22)/t7-/m1/s1. The third-order valence-corrected chi connectivity index (χ3v) is 2.90. The molecule has 0 saturated carbocycles. The number of esters is 1. The Hall–Kier alpha value is -2.35. The average Bonchev–Trinajstić information content (AvgIpc) is 2.40. The van der Waals surface area contributed by atoms with Crippen molar-refractivity contribution in [2.45, 2.75) is 32.9 Å². The molecular formula is C14H16ClFN2O5. The van der Waals surface area contributed by atoms with E-state index in [0.717, 1.165) is 12.1 Å². The number of carbonyl (C=O) groups is 3. The number of carboxylic acid groups (broad SMARTS) is 1. The molecule has 3 N–H and O–H groups in total. The van der Waals surface area contributed by atoms with Gasteiger partial charge in [-0.25, -0.2) is 14.0 Å². The predicted molar refractivity (Wildman–Crippen MR) is 81.2 cm³/mol. The number of urea groups is 1. The first kappa shape index (κ1) is 18.7. The summed E-state index contributed by atoms with van der Waals surface area (Å²) >= 11 is 5.80. The van der Waals surface area contributed by atoms with Gasteiger partial charge < -0.3 is 20.5 Å². The van der Waals surface area contributed by atoms with Gasteiger partial charge in [0.25, 0.3) is 0 Å². The van der Waals surface area contributed by atoms with Gasteiger partial charge in [-0.05, 0) is 32.9 Å². The molecule has 0 saturated heterocycles. The van der Waals surface area contributed by atoms with E-state index in [2.05, 4.69) is 10.6 Å². The number of nitrogens with one attached hydrogen (secondary N) is 2. The number of anilines is 1. The van der Waals surface area contributed by atoms with Gasteiger partial charge in [-0.3, -0.25) is 4.79 Å². The van der Waals surface area contributed by atoms with Crippen LogP contribution in [0, 0.1) is 5.82 Å². The van der Waals surface area contributed by atoms with Crippen LogP contribution in [0.3, 0.4) is 0 Å². The van der Waals surface area contributed by atoms with E-state index in [-0.39, 0.29) is 16.3 Å². The molecular weight excluding hydrogens is 331 g/mol. The minimum absolute atomic E-state index is 0.122. The summed E-state index contributed by atoms with van der Waals surface area (Å²) in [7, 11) is 0. The minimum atomic E-state index is -1.25. The molecule has 2 amide bonds. The van der Waals surface area contributed by atoms with E-state index >= 15 is 0 Å². The number of halogens is 2. The Morgan fingerprint density at radius 3 is 2.39 bits per heavy atom. The number of hydrogen-bond donors (Lipinski definition) is 3. The molecule has 0 unspecified atom stereocenters. The molecule has 0 fully saturated rings. The molecule has 0 bridgehead atoms. The summed E-state index contributed by atoms with van der Waals surface area (Å²) in [5.41, 5.74) is -0.455. The van der Waals surface area contributed by atoms with E-state index in [4.69, 9.17) is 21.4 Å². The van der Waals surface area contributed by atoms with Gasteiger partial charge in [-0.2, -0.15) is 0 Å². The number of hydrogen-bond acceptors (Lipinski definition) is 4. The van der Waals surface area contributed by atoms with Crippen LogP contribution in [-0.2, 0) is 9.53 Å². The van der Waals surface area contributed by atoms with Crippen LogP contribution in [0.1, 0.15) is 31.1 Å². The maximum absolute atomic E-state index is 13.8. The first-order chi connectivity index (χ1) is 10.6. The lowest BCUT2D eigenvalue weighted by Crippen LogP contribution is -2.41. The summed E-state index contributed by atoms with van der Waals surface area (Å²) in [6, 6.07) is -0.234. The fourth-order valence-corrected chi connectivity index (χ4v) is 1.72. The first-order valence-electron chi connectivity index (χ1n) is 6.62. The zero-order valence-corrected chi connectivity index (χ0v) is 13.4. The van der Waals surface area contributed by atoms with Gasteiger partial charge >= 0.3 is 18.0 Å². The highest BCUT2D eigenvalue weighted by molar-refractivity contribution is 6.33. The molecule has 126 valence electrons. The summed E-state index contributed by atoms with van der Waals surface area (Å²) in [5.74, 6) is -2.90. The zero-order valence-electron chi connectivity index (χ0n) is 12.6. The smallest absolute Gasteiger partial charge is 0.339 e. The van der Waals surface area contributed by atoms with Crippen LogP contribution in [0.5, 0.6) is 0 Å². The van der Waals surface area contributed by atoms with Gasteiger partial charge in [0.15, 0.2) is 0 Å². The maximum atomic E-state index is 13.8. The lowest BCUT2D eigenvalue weighted by molar-refractivity contribution is -0.138. The normalized spacial score (nSPS) is 11.7. The molecule has 0 spiro atoms. The van der Waals surface area contributed by atoms with Crippen LogP contribution in [0.2, 0.25) is 5.02 Å². The Morgan fingerprint density at radius 1 is 1.26 bits per heavy atom. The lowest BCUT2D eigenvalue weighted by atomic mass is 10.2. The summed E-state index contributed by atoms with van der Waals surface area (Å²) in [6.07, 6.45) is -0.403. The highest BCUT2D eigenvalue weighted by Gasteiger charge is 2.19. The number of ether oxygens (including phenoxy) is 1. The Balaban J connectivity index is 2.97.